The van der Waals surface area contributed by atoms with Crippen molar-refractivity contribution >= 4 is 18.5 Å². The summed E-state index contributed by atoms with van der Waals surface area (Å²) < 4.78 is 4.98. The number of rotatable bonds is 5. The molecule has 1 rings (SSSR count). The third-order valence-corrected chi connectivity index (χ3v) is 1.86. The predicted octanol–water partition coefficient (Wildman–Crippen LogP) is 1.68. The van der Waals surface area contributed by atoms with Crippen LogP contribution in [0.5, 0.6) is 0 Å². The summed E-state index contributed by atoms with van der Waals surface area (Å²) in [4.78, 5) is 11.1. The third kappa shape index (κ3) is 6.27. The van der Waals surface area contributed by atoms with E-state index in [0.29, 0.717) is 19.7 Å². The van der Waals surface area contributed by atoms with Gasteiger partial charge >= 0.3 is 6.09 Å². The summed E-state index contributed by atoms with van der Waals surface area (Å²) in [6, 6.07) is 9.56. The van der Waals surface area contributed by atoms with Crippen LogP contribution in [0.2, 0.25) is 0 Å². The number of nitrogens with two attached hydrogens (primary N) is 1. The van der Waals surface area contributed by atoms with Gasteiger partial charge in [-0.1, -0.05) is 30.3 Å². The highest BCUT2D eigenvalue weighted by atomic mass is 35.5. The minimum absolute atomic E-state index is 0. The normalized spacial score (nSPS) is 9.06. The van der Waals surface area contributed by atoms with Crippen molar-refractivity contribution < 1.29 is 9.53 Å². The highest BCUT2D eigenvalue weighted by molar-refractivity contribution is 5.85. The predicted molar refractivity (Wildman–Crippen MR) is 65.5 cm³/mol. The largest absolute Gasteiger partial charge is 0.445 e. The maximum absolute atomic E-state index is 11.1. The Hall–Kier alpha value is -1.26. The van der Waals surface area contributed by atoms with Crippen LogP contribution in [0.25, 0.3) is 0 Å². The maximum Gasteiger partial charge on any atom is 0.407 e. The third-order valence-electron chi connectivity index (χ3n) is 1.86. The molecule has 1 aromatic carbocycles. The van der Waals surface area contributed by atoms with E-state index in [1.165, 1.54) is 0 Å². The van der Waals surface area contributed by atoms with E-state index in [-0.39, 0.29) is 12.4 Å². The lowest BCUT2D eigenvalue weighted by atomic mass is 10.2. The number of alkyl carbamates (subject to hydrolysis) is 1. The Bertz CT molecular complexity index is 293. The lowest BCUT2D eigenvalue weighted by Crippen LogP contribution is -2.26. The van der Waals surface area contributed by atoms with Crippen molar-refractivity contribution in [2.45, 2.75) is 13.0 Å². The number of halogens is 1. The highest BCUT2D eigenvalue weighted by Gasteiger charge is 2.00. The number of amides is 1. The SMILES string of the molecule is Cl.NCCCNC(=O)OCc1ccccc1. The number of hydrogen-bond donors (Lipinski definition) is 2. The zero-order valence-corrected chi connectivity index (χ0v) is 9.83. The molecule has 0 unspecified atom stereocenters. The number of carbonyl (C=O) groups is 1. The van der Waals surface area contributed by atoms with Gasteiger partial charge < -0.3 is 15.8 Å². The van der Waals surface area contributed by atoms with Gasteiger partial charge in [-0.25, -0.2) is 4.79 Å². The van der Waals surface area contributed by atoms with Gasteiger partial charge in [0, 0.05) is 6.54 Å². The molecular weight excluding hydrogens is 228 g/mol. The second-order valence-corrected chi connectivity index (χ2v) is 3.13. The van der Waals surface area contributed by atoms with Crippen LogP contribution in [0, 0.1) is 0 Å². The van der Waals surface area contributed by atoms with Crippen molar-refractivity contribution in [1.82, 2.24) is 5.32 Å². The molecule has 0 spiro atoms. The first-order valence-corrected chi connectivity index (χ1v) is 4.97. The summed E-state index contributed by atoms with van der Waals surface area (Å²) in [7, 11) is 0. The van der Waals surface area contributed by atoms with Gasteiger partial charge in [-0.3, -0.25) is 0 Å². The van der Waals surface area contributed by atoms with Crippen molar-refractivity contribution in [2.24, 2.45) is 5.73 Å². The zero-order valence-electron chi connectivity index (χ0n) is 9.02. The Balaban J connectivity index is 0.00000225. The molecule has 0 heterocycles. The molecule has 0 saturated heterocycles. The van der Waals surface area contributed by atoms with Gasteiger partial charge in [0.1, 0.15) is 6.61 Å². The fourth-order valence-electron chi connectivity index (χ4n) is 1.07. The molecule has 0 aliphatic heterocycles. The molecule has 4 nitrogen and oxygen atoms in total. The maximum atomic E-state index is 11.1. The van der Waals surface area contributed by atoms with Gasteiger partial charge in [0.15, 0.2) is 0 Å². The molecule has 0 aliphatic rings. The number of carbonyl (C=O) groups excluding carboxylic acids is 1. The van der Waals surface area contributed by atoms with Crippen LogP contribution in [0.4, 0.5) is 4.79 Å². The van der Waals surface area contributed by atoms with E-state index in [2.05, 4.69) is 5.32 Å². The molecule has 0 saturated carbocycles. The van der Waals surface area contributed by atoms with Crippen molar-refractivity contribution in [3.8, 4) is 0 Å². The van der Waals surface area contributed by atoms with E-state index >= 15 is 0 Å². The molecule has 0 bridgehead atoms. The number of hydrogen-bond acceptors (Lipinski definition) is 3. The Morgan fingerprint density at radius 2 is 2.00 bits per heavy atom. The summed E-state index contributed by atoms with van der Waals surface area (Å²) in [6.07, 6.45) is 0.368. The molecule has 0 aromatic heterocycles. The standard InChI is InChI=1S/C11H16N2O2.ClH/c12-7-4-8-13-11(14)15-9-10-5-2-1-3-6-10;/h1-3,5-6H,4,7-9,12H2,(H,13,14);1H. The topological polar surface area (TPSA) is 64.3 Å². The molecule has 16 heavy (non-hydrogen) atoms. The Kier molecular flexibility index (Phi) is 8.29. The number of benzene rings is 1. The summed E-state index contributed by atoms with van der Waals surface area (Å²) in [6.45, 7) is 1.43. The highest BCUT2D eigenvalue weighted by Crippen LogP contribution is 2.00. The van der Waals surface area contributed by atoms with Gasteiger partial charge in [0.05, 0.1) is 0 Å². The van der Waals surface area contributed by atoms with E-state index in [9.17, 15) is 4.79 Å². The molecule has 0 fully saturated rings. The van der Waals surface area contributed by atoms with Crippen LogP contribution in [0.15, 0.2) is 30.3 Å². The quantitative estimate of drug-likeness (QED) is 0.775. The Morgan fingerprint density at radius 3 is 2.62 bits per heavy atom. The van der Waals surface area contributed by atoms with Gasteiger partial charge in [0.2, 0.25) is 0 Å². The average Bonchev–Trinajstić information content (AvgIpc) is 2.28. The van der Waals surface area contributed by atoms with Crippen LogP contribution in [0.3, 0.4) is 0 Å². The average molecular weight is 245 g/mol. The minimum atomic E-state index is -0.396. The molecular formula is C11H17ClN2O2. The van der Waals surface area contributed by atoms with Crippen LogP contribution >= 0.6 is 12.4 Å². The first-order valence-electron chi connectivity index (χ1n) is 4.97. The smallest absolute Gasteiger partial charge is 0.407 e. The fraction of sp³-hybridized carbons (Fsp3) is 0.364. The Labute approximate surface area is 102 Å². The molecule has 1 amide bonds. The van der Waals surface area contributed by atoms with Gasteiger partial charge in [-0.2, -0.15) is 0 Å². The molecule has 0 atom stereocenters. The number of ether oxygens (including phenoxy) is 1. The Morgan fingerprint density at radius 1 is 1.31 bits per heavy atom. The van der Waals surface area contributed by atoms with Crippen molar-refractivity contribution in [1.29, 1.82) is 0 Å². The molecule has 5 heteroatoms. The van der Waals surface area contributed by atoms with E-state index in [1.807, 2.05) is 30.3 Å². The van der Waals surface area contributed by atoms with Crippen molar-refractivity contribution in [3.05, 3.63) is 35.9 Å². The molecule has 0 radical (unpaired) electrons. The summed E-state index contributed by atoms with van der Waals surface area (Å²) in [5, 5.41) is 2.61. The number of nitrogens with one attached hydrogen (secondary N) is 1. The van der Waals surface area contributed by atoms with E-state index < -0.39 is 6.09 Å². The van der Waals surface area contributed by atoms with Crippen LogP contribution in [-0.4, -0.2) is 19.2 Å². The molecule has 1 aromatic rings. The van der Waals surface area contributed by atoms with Gasteiger partial charge in [-0.05, 0) is 18.5 Å². The van der Waals surface area contributed by atoms with Crippen molar-refractivity contribution in [3.63, 3.8) is 0 Å². The lowest BCUT2D eigenvalue weighted by molar-refractivity contribution is 0.139. The summed E-state index contributed by atoms with van der Waals surface area (Å²) in [5.41, 5.74) is 6.27. The van der Waals surface area contributed by atoms with Crippen LogP contribution in [0.1, 0.15) is 12.0 Å². The first-order chi connectivity index (χ1) is 7.33. The first kappa shape index (κ1) is 14.7. The van der Waals surface area contributed by atoms with Gasteiger partial charge in [0.25, 0.3) is 0 Å². The molecule has 0 aliphatic carbocycles. The van der Waals surface area contributed by atoms with Crippen LogP contribution in [-0.2, 0) is 11.3 Å². The van der Waals surface area contributed by atoms with E-state index in [0.717, 1.165) is 12.0 Å². The van der Waals surface area contributed by atoms with E-state index in [1.54, 1.807) is 0 Å². The second kappa shape index (κ2) is 9.00. The minimum Gasteiger partial charge on any atom is -0.445 e. The van der Waals surface area contributed by atoms with E-state index in [4.69, 9.17) is 10.5 Å². The van der Waals surface area contributed by atoms with Crippen molar-refractivity contribution in [2.75, 3.05) is 13.1 Å². The molecule has 3 N–H and O–H groups in total. The van der Waals surface area contributed by atoms with Gasteiger partial charge in [-0.15, -0.1) is 12.4 Å². The molecule has 90 valence electrons. The second-order valence-electron chi connectivity index (χ2n) is 3.13. The lowest BCUT2D eigenvalue weighted by Gasteiger charge is -2.06. The fourth-order valence-corrected chi connectivity index (χ4v) is 1.07. The summed E-state index contributed by atoms with van der Waals surface area (Å²) >= 11 is 0. The van der Waals surface area contributed by atoms with Crippen LogP contribution < -0.4 is 11.1 Å². The zero-order chi connectivity index (χ0) is 10.9. The summed E-state index contributed by atoms with van der Waals surface area (Å²) in [5.74, 6) is 0. The monoisotopic (exact) mass is 244 g/mol.